The van der Waals surface area contributed by atoms with Gasteiger partial charge in [-0.1, -0.05) is 66.7 Å². The monoisotopic (exact) mass is 530 g/mol. The lowest BCUT2D eigenvalue weighted by Gasteiger charge is -2.19. The van der Waals surface area contributed by atoms with Gasteiger partial charge in [-0.05, 0) is 41.3 Å². The van der Waals surface area contributed by atoms with Gasteiger partial charge in [-0.25, -0.2) is 0 Å². The number of benzene rings is 3. The van der Waals surface area contributed by atoms with Gasteiger partial charge in [0.15, 0.2) is 5.78 Å². The van der Waals surface area contributed by atoms with Crippen LogP contribution in [0, 0.1) is 0 Å². The molecule has 0 heterocycles. The molecule has 0 aliphatic heterocycles. The van der Waals surface area contributed by atoms with Crippen LogP contribution >= 0.6 is 0 Å². The maximum absolute atomic E-state index is 13.0. The van der Waals surface area contributed by atoms with Gasteiger partial charge in [0, 0.05) is 38.9 Å². The lowest BCUT2D eigenvalue weighted by Crippen LogP contribution is -2.48. The topological polar surface area (TPSA) is 123 Å². The molecule has 0 unspecified atom stereocenters. The van der Waals surface area contributed by atoms with E-state index < -0.39 is 6.04 Å². The highest BCUT2D eigenvalue weighted by atomic mass is 16.5. The molecule has 0 aliphatic rings. The van der Waals surface area contributed by atoms with Crippen molar-refractivity contribution in [2.45, 2.75) is 45.3 Å². The average molecular weight is 531 g/mol. The molecule has 2 amide bonds. The van der Waals surface area contributed by atoms with E-state index in [-0.39, 0.29) is 30.6 Å². The molecule has 3 rings (SSSR count). The van der Waals surface area contributed by atoms with Crippen LogP contribution in [0.5, 0.6) is 5.75 Å². The summed E-state index contributed by atoms with van der Waals surface area (Å²) in [6.07, 6.45) is 0.827. The molecule has 8 nitrogen and oxygen atoms in total. The summed E-state index contributed by atoms with van der Waals surface area (Å²) in [4.78, 5) is 38.0. The standard InChI is InChI=1S/C31H38N4O4/c1-2-39-28-14-12-24(13-15-28)18-27(36)22-33-17-16-30(37)35-29(19-23-6-4-3-5-7-23)31(38)34-21-26-10-8-25(20-32)9-11-26/h3-15,29,33H,2,16-22,32H2,1H3,(H,34,38)(H,35,37)/t29-/m0/s1. The van der Waals surface area contributed by atoms with Crippen molar-refractivity contribution in [2.75, 3.05) is 19.7 Å². The van der Waals surface area contributed by atoms with E-state index in [4.69, 9.17) is 10.5 Å². The number of hydrogen-bond acceptors (Lipinski definition) is 6. The number of Topliss-reactive ketones (excluding diaryl/α,β-unsaturated/α-hetero) is 1. The quantitative estimate of drug-likeness (QED) is 0.211. The van der Waals surface area contributed by atoms with Crippen molar-refractivity contribution < 1.29 is 19.1 Å². The number of nitrogens with one attached hydrogen (secondary N) is 3. The predicted molar refractivity (Wildman–Crippen MR) is 152 cm³/mol. The first-order chi connectivity index (χ1) is 19.0. The van der Waals surface area contributed by atoms with E-state index in [0.29, 0.717) is 39.1 Å². The second-order valence-corrected chi connectivity index (χ2v) is 9.27. The summed E-state index contributed by atoms with van der Waals surface area (Å²) in [5, 5.41) is 8.82. The maximum Gasteiger partial charge on any atom is 0.243 e. The Hall–Kier alpha value is -4.01. The molecule has 0 fully saturated rings. The third kappa shape index (κ3) is 10.7. The van der Waals surface area contributed by atoms with Crippen LogP contribution in [0.1, 0.15) is 35.6 Å². The third-order valence-electron chi connectivity index (χ3n) is 6.15. The fraction of sp³-hybridized carbons (Fsp3) is 0.323. The number of amides is 2. The fourth-order valence-electron chi connectivity index (χ4n) is 4.02. The van der Waals surface area contributed by atoms with Gasteiger partial charge in [0.05, 0.1) is 13.2 Å². The number of ketones is 1. The van der Waals surface area contributed by atoms with Crippen molar-refractivity contribution in [3.8, 4) is 5.75 Å². The Kier molecular flexibility index (Phi) is 12.2. The first-order valence-electron chi connectivity index (χ1n) is 13.3. The Bertz CT molecular complexity index is 1180. The molecule has 0 aliphatic carbocycles. The number of carbonyl (C=O) groups is 3. The fourth-order valence-corrected chi connectivity index (χ4v) is 4.02. The van der Waals surface area contributed by atoms with Crippen molar-refractivity contribution in [1.29, 1.82) is 0 Å². The molecule has 0 saturated carbocycles. The summed E-state index contributed by atoms with van der Waals surface area (Å²) in [7, 11) is 0. The van der Waals surface area contributed by atoms with Crippen LogP contribution in [-0.2, 0) is 40.3 Å². The van der Waals surface area contributed by atoms with E-state index in [9.17, 15) is 14.4 Å². The van der Waals surface area contributed by atoms with Crippen LogP contribution in [0.25, 0.3) is 0 Å². The molecule has 206 valence electrons. The average Bonchev–Trinajstić information content (AvgIpc) is 2.95. The van der Waals surface area contributed by atoms with Crippen molar-refractivity contribution in [3.05, 3.63) is 101 Å². The van der Waals surface area contributed by atoms with Gasteiger partial charge in [-0.15, -0.1) is 0 Å². The molecule has 0 radical (unpaired) electrons. The minimum atomic E-state index is -0.718. The Morgan fingerprint density at radius 1 is 0.846 bits per heavy atom. The van der Waals surface area contributed by atoms with Crippen molar-refractivity contribution in [2.24, 2.45) is 5.73 Å². The number of hydrogen-bond donors (Lipinski definition) is 4. The first kappa shape index (κ1) is 29.5. The number of carbonyl (C=O) groups excluding carboxylic acids is 3. The second kappa shape index (κ2) is 16.1. The van der Waals surface area contributed by atoms with Crippen LogP contribution in [0.2, 0.25) is 0 Å². The summed E-state index contributed by atoms with van der Waals surface area (Å²) in [5.41, 5.74) is 9.47. The maximum atomic E-state index is 13.0. The summed E-state index contributed by atoms with van der Waals surface area (Å²) in [6.45, 7) is 3.82. The Labute approximate surface area is 230 Å². The van der Waals surface area contributed by atoms with Gasteiger partial charge in [0.25, 0.3) is 0 Å². The van der Waals surface area contributed by atoms with Gasteiger partial charge in [0.1, 0.15) is 11.8 Å². The van der Waals surface area contributed by atoms with Crippen molar-refractivity contribution in [3.63, 3.8) is 0 Å². The van der Waals surface area contributed by atoms with Crippen LogP contribution in [0.15, 0.2) is 78.9 Å². The lowest BCUT2D eigenvalue weighted by molar-refractivity contribution is -0.129. The summed E-state index contributed by atoms with van der Waals surface area (Å²) >= 11 is 0. The molecular weight excluding hydrogens is 492 g/mol. The van der Waals surface area contributed by atoms with Crippen molar-refractivity contribution in [1.82, 2.24) is 16.0 Å². The molecule has 1 atom stereocenters. The molecule has 39 heavy (non-hydrogen) atoms. The molecule has 0 aromatic heterocycles. The van der Waals surface area contributed by atoms with Crippen LogP contribution < -0.4 is 26.4 Å². The molecule has 8 heteroatoms. The highest BCUT2D eigenvalue weighted by Gasteiger charge is 2.21. The number of nitrogens with two attached hydrogens (primary N) is 1. The largest absolute Gasteiger partial charge is 0.494 e. The van der Waals surface area contributed by atoms with Crippen LogP contribution in [-0.4, -0.2) is 43.3 Å². The third-order valence-corrected chi connectivity index (χ3v) is 6.15. The Balaban J connectivity index is 1.45. The summed E-state index contributed by atoms with van der Waals surface area (Å²) < 4.78 is 5.42. The van der Waals surface area contributed by atoms with Crippen LogP contribution in [0.4, 0.5) is 0 Å². The Morgan fingerprint density at radius 3 is 2.18 bits per heavy atom. The van der Waals surface area contributed by atoms with E-state index in [1.54, 1.807) is 0 Å². The minimum Gasteiger partial charge on any atom is -0.494 e. The molecule has 0 spiro atoms. The molecule has 0 bridgehead atoms. The van der Waals surface area contributed by atoms with E-state index in [2.05, 4.69) is 16.0 Å². The highest BCUT2D eigenvalue weighted by molar-refractivity contribution is 5.88. The molecule has 5 N–H and O–H groups in total. The van der Waals surface area contributed by atoms with Gasteiger partial charge in [-0.3, -0.25) is 14.4 Å². The normalized spacial score (nSPS) is 11.4. The zero-order valence-electron chi connectivity index (χ0n) is 22.5. The highest BCUT2D eigenvalue weighted by Crippen LogP contribution is 2.12. The summed E-state index contributed by atoms with van der Waals surface area (Å²) in [6, 6.07) is 24.0. The second-order valence-electron chi connectivity index (χ2n) is 9.27. The zero-order valence-corrected chi connectivity index (χ0v) is 22.5. The lowest BCUT2D eigenvalue weighted by atomic mass is 10.0. The smallest absolute Gasteiger partial charge is 0.243 e. The van der Waals surface area contributed by atoms with E-state index in [1.807, 2.05) is 85.8 Å². The van der Waals surface area contributed by atoms with Gasteiger partial charge in [0.2, 0.25) is 11.8 Å². The first-order valence-corrected chi connectivity index (χ1v) is 13.3. The Morgan fingerprint density at radius 2 is 1.51 bits per heavy atom. The van der Waals surface area contributed by atoms with Crippen LogP contribution in [0.3, 0.4) is 0 Å². The number of rotatable bonds is 16. The van der Waals surface area contributed by atoms with Gasteiger partial charge >= 0.3 is 0 Å². The van der Waals surface area contributed by atoms with E-state index in [1.165, 1.54) is 0 Å². The molecule has 3 aromatic carbocycles. The van der Waals surface area contributed by atoms with Gasteiger partial charge in [-0.2, -0.15) is 0 Å². The predicted octanol–water partition coefficient (Wildman–Crippen LogP) is 2.68. The SMILES string of the molecule is CCOc1ccc(CC(=O)CNCCC(=O)N[C@@H](Cc2ccccc2)C(=O)NCc2ccc(CN)cc2)cc1. The van der Waals surface area contributed by atoms with Gasteiger partial charge < -0.3 is 26.4 Å². The molecule has 0 saturated heterocycles. The molecule has 3 aromatic rings. The van der Waals surface area contributed by atoms with E-state index >= 15 is 0 Å². The molecular formula is C31H38N4O4. The number of ether oxygens (including phenoxy) is 1. The zero-order chi connectivity index (χ0) is 27.9. The van der Waals surface area contributed by atoms with E-state index in [0.717, 1.165) is 28.0 Å². The van der Waals surface area contributed by atoms with Crippen molar-refractivity contribution >= 4 is 17.6 Å². The minimum absolute atomic E-state index is 0.0281. The summed E-state index contributed by atoms with van der Waals surface area (Å²) in [5.74, 6) is 0.289.